The molecule has 5 heterocycles. The number of imidazole rings is 1. The van der Waals surface area contributed by atoms with Gasteiger partial charge in [-0.05, 0) is 81.4 Å². The minimum Gasteiger partial charge on any atom is -0.509 e. The zero-order chi connectivity index (χ0) is 39.4. The summed E-state index contributed by atoms with van der Waals surface area (Å²) < 4.78 is 26.1. The van der Waals surface area contributed by atoms with Crippen LogP contribution in [0.5, 0.6) is 11.5 Å². The van der Waals surface area contributed by atoms with Crippen molar-refractivity contribution in [3.63, 3.8) is 0 Å². The SMILES string of the molecule is CC(C)(C)c1ccnc(-n2c3[c-]c(Oc4[c-]c(-n5[c-][n+](-c6ccc7oc8ccccc8c7c6)c6ccccc65)ccc4)c4c5ccccc5oc4c3c3ccccc32)c1.[Pt]. The van der Waals surface area contributed by atoms with Crippen molar-refractivity contribution >= 4 is 76.7 Å². The quantitative estimate of drug-likeness (QED) is 0.127. The summed E-state index contributed by atoms with van der Waals surface area (Å²) in [4.78, 5) is 4.90. The second-order valence-corrected chi connectivity index (χ2v) is 16.0. The number of ether oxygens (including phenoxy) is 1. The first kappa shape index (κ1) is 36.2. The van der Waals surface area contributed by atoms with Crippen LogP contribution in [0.1, 0.15) is 26.3 Å². The van der Waals surface area contributed by atoms with Crippen LogP contribution in [-0.4, -0.2) is 14.1 Å². The largest absolute Gasteiger partial charge is 0.509 e. The van der Waals surface area contributed by atoms with Gasteiger partial charge in [0.05, 0.1) is 16.7 Å². The number of rotatable bonds is 5. The second kappa shape index (κ2) is 13.6. The van der Waals surface area contributed by atoms with Gasteiger partial charge in [-0.3, -0.25) is 4.57 Å². The van der Waals surface area contributed by atoms with Crippen molar-refractivity contribution in [3.05, 3.63) is 176 Å². The maximum atomic E-state index is 6.93. The molecular weight excluding hydrogens is 924 g/mol. The van der Waals surface area contributed by atoms with Crippen LogP contribution in [0.15, 0.2) is 161 Å². The van der Waals surface area contributed by atoms with E-state index in [1.165, 1.54) is 5.56 Å². The van der Waals surface area contributed by atoms with Crippen LogP contribution < -0.4 is 9.30 Å². The van der Waals surface area contributed by atoms with E-state index in [2.05, 4.69) is 121 Å². The third-order valence-corrected chi connectivity index (χ3v) is 11.4. The van der Waals surface area contributed by atoms with E-state index in [4.69, 9.17) is 18.6 Å². The molecule has 0 saturated carbocycles. The van der Waals surface area contributed by atoms with E-state index in [1.54, 1.807) is 0 Å². The Morgan fingerprint density at radius 2 is 1.35 bits per heavy atom. The van der Waals surface area contributed by atoms with Crippen molar-refractivity contribution in [2.45, 2.75) is 26.2 Å². The third-order valence-electron chi connectivity index (χ3n) is 11.4. The van der Waals surface area contributed by atoms with E-state index in [-0.39, 0.29) is 26.5 Å². The Hall–Kier alpha value is -6.95. The van der Waals surface area contributed by atoms with Gasteiger partial charge in [-0.15, -0.1) is 18.2 Å². The Morgan fingerprint density at radius 3 is 2.18 bits per heavy atom. The van der Waals surface area contributed by atoms with Crippen molar-refractivity contribution in [2.24, 2.45) is 0 Å². The van der Waals surface area contributed by atoms with Gasteiger partial charge in [-0.25, -0.2) is 4.98 Å². The van der Waals surface area contributed by atoms with Crippen LogP contribution in [0, 0.1) is 18.5 Å². The summed E-state index contributed by atoms with van der Waals surface area (Å²) in [5.74, 6) is 1.88. The van der Waals surface area contributed by atoms with Crippen molar-refractivity contribution in [1.29, 1.82) is 0 Å². The number of furan rings is 2. The number of nitrogens with zero attached hydrogens (tertiary/aromatic N) is 4. The van der Waals surface area contributed by atoms with Gasteiger partial charge in [-0.2, -0.15) is 12.1 Å². The molecule has 0 aliphatic carbocycles. The summed E-state index contributed by atoms with van der Waals surface area (Å²) in [6.45, 7) is 6.65. The van der Waals surface area contributed by atoms with E-state index in [1.807, 2.05) is 83.6 Å². The molecular formula is C52H34N4O3Pt-2. The van der Waals surface area contributed by atoms with E-state index in [9.17, 15) is 0 Å². The van der Waals surface area contributed by atoms with Gasteiger partial charge in [0, 0.05) is 60.6 Å². The molecule has 0 saturated heterocycles. The van der Waals surface area contributed by atoms with Crippen LogP contribution in [0.4, 0.5) is 0 Å². The summed E-state index contributed by atoms with van der Waals surface area (Å²) in [5, 5.41) is 5.94. The first-order valence-electron chi connectivity index (χ1n) is 19.7. The third kappa shape index (κ3) is 5.53. The van der Waals surface area contributed by atoms with Crippen LogP contribution in [0.2, 0.25) is 0 Å². The number of para-hydroxylation sites is 5. The molecule has 5 aromatic heterocycles. The maximum Gasteiger partial charge on any atom is 0.268 e. The molecule has 12 rings (SSSR count). The molecule has 292 valence electrons. The number of pyridine rings is 1. The Kier molecular flexibility index (Phi) is 8.16. The van der Waals surface area contributed by atoms with Crippen LogP contribution in [0.3, 0.4) is 0 Å². The normalized spacial score (nSPS) is 12.1. The van der Waals surface area contributed by atoms with Crippen molar-refractivity contribution in [1.82, 2.24) is 14.1 Å². The van der Waals surface area contributed by atoms with Crippen molar-refractivity contribution in [3.8, 4) is 28.7 Å². The molecule has 7 aromatic carbocycles. The smallest absolute Gasteiger partial charge is 0.268 e. The number of fused-ring (bicyclic) bond motifs is 11. The van der Waals surface area contributed by atoms with E-state index < -0.39 is 0 Å². The van der Waals surface area contributed by atoms with Gasteiger partial charge in [0.1, 0.15) is 22.6 Å². The van der Waals surface area contributed by atoms with Gasteiger partial charge >= 0.3 is 0 Å². The first-order chi connectivity index (χ1) is 28.9. The summed E-state index contributed by atoms with van der Waals surface area (Å²) in [5.41, 5.74) is 9.90. The molecule has 0 amide bonds. The molecule has 60 heavy (non-hydrogen) atoms. The minimum atomic E-state index is -0.0642. The predicted molar refractivity (Wildman–Crippen MR) is 233 cm³/mol. The van der Waals surface area contributed by atoms with Crippen LogP contribution in [0.25, 0.3) is 93.9 Å². The topological polar surface area (TPSA) is 62.1 Å². The van der Waals surface area contributed by atoms with Gasteiger partial charge in [0.25, 0.3) is 6.33 Å². The zero-order valence-electron chi connectivity index (χ0n) is 32.8. The monoisotopic (exact) mass is 957 g/mol. The Morgan fingerprint density at radius 1 is 0.633 bits per heavy atom. The standard InChI is InChI=1S/C52H34N4O3.Pt/c1-52(2,3)32-25-26-53-48(27-32)56-40-18-7-4-16-37(40)49-43(56)30-47(50-38-17-6-11-22-45(38)59-51(49)50)57-35-14-12-13-33(28-35)54-31-55(42-20-9-8-19-41(42)54)34-23-24-46-39(29-34)36-15-5-10-21-44(36)58-46;/h4-27,29H,1-3H3;/q-2;. The van der Waals surface area contributed by atoms with Gasteiger partial charge < -0.3 is 22.7 Å². The van der Waals surface area contributed by atoms with E-state index >= 15 is 0 Å². The fourth-order valence-corrected chi connectivity index (χ4v) is 8.55. The summed E-state index contributed by atoms with van der Waals surface area (Å²) in [7, 11) is 0. The Balaban J connectivity index is 0.00000408. The van der Waals surface area contributed by atoms with E-state index in [0.717, 1.165) is 93.9 Å². The molecule has 0 aliphatic rings. The van der Waals surface area contributed by atoms with Gasteiger partial charge in [-0.1, -0.05) is 111 Å². The summed E-state index contributed by atoms with van der Waals surface area (Å²) >= 11 is 0. The molecule has 0 N–H and O–H groups in total. The number of aromatic nitrogens is 4. The fraction of sp³-hybridized carbons (Fsp3) is 0.0769. The van der Waals surface area contributed by atoms with Gasteiger partial charge in [0.2, 0.25) is 0 Å². The Bertz CT molecular complexity index is 3660. The molecule has 0 spiro atoms. The number of benzene rings is 7. The predicted octanol–water partition coefficient (Wildman–Crippen LogP) is 12.7. The minimum absolute atomic E-state index is 0. The molecule has 0 radical (unpaired) electrons. The zero-order valence-corrected chi connectivity index (χ0v) is 35.0. The molecule has 0 unspecified atom stereocenters. The number of hydrogen-bond donors (Lipinski definition) is 0. The molecule has 7 nitrogen and oxygen atoms in total. The van der Waals surface area contributed by atoms with Crippen molar-refractivity contribution in [2.75, 3.05) is 0 Å². The van der Waals surface area contributed by atoms with Crippen LogP contribution >= 0.6 is 0 Å². The van der Waals surface area contributed by atoms with E-state index in [0.29, 0.717) is 11.5 Å². The van der Waals surface area contributed by atoms with Crippen molar-refractivity contribution < 1.29 is 39.2 Å². The average Bonchev–Trinajstić information content (AvgIpc) is 4.02. The molecule has 0 atom stereocenters. The van der Waals surface area contributed by atoms with Gasteiger partial charge in [0.15, 0.2) is 0 Å². The molecule has 0 bridgehead atoms. The second-order valence-electron chi connectivity index (χ2n) is 16.0. The average molecular weight is 958 g/mol. The Labute approximate surface area is 358 Å². The fourth-order valence-electron chi connectivity index (χ4n) is 8.55. The first-order valence-corrected chi connectivity index (χ1v) is 19.7. The summed E-state index contributed by atoms with van der Waals surface area (Å²) in [6, 6.07) is 56.7. The molecule has 12 aromatic rings. The molecule has 8 heteroatoms. The summed E-state index contributed by atoms with van der Waals surface area (Å²) in [6.07, 6.45) is 5.52. The van der Waals surface area contributed by atoms with Crippen LogP contribution in [-0.2, 0) is 26.5 Å². The maximum absolute atomic E-state index is 6.93. The number of hydrogen-bond acceptors (Lipinski definition) is 4. The molecule has 0 fully saturated rings. The molecule has 0 aliphatic heterocycles.